The van der Waals surface area contributed by atoms with Gasteiger partial charge in [-0.25, -0.2) is 4.79 Å². The van der Waals surface area contributed by atoms with E-state index in [4.69, 9.17) is 28.4 Å². The highest BCUT2D eigenvalue weighted by Gasteiger charge is 2.43. The number of benzene rings is 1. The van der Waals surface area contributed by atoms with Gasteiger partial charge < -0.3 is 28.4 Å². The Labute approximate surface area is 188 Å². The van der Waals surface area contributed by atoms with E-state index in [9.17, 15) is 9.59 Å². The van der Waals surface area contributed by atoms with Crippen molar-refractivity contribution in [2.45, 2.75) is 70.6 Å². The predicted molar refractivity (Wildman–Crippen MR) is 116 cm³/mol. The van der Waals surface area contributed by atoms with Crippen LogP contribution in [0.4, 0.5) is 0 Å². The molecule has 2 aliphatic rings. The fraction of sp³-hybridized carbons (Fsp3) is 0.583. The maximum Gasteiger partial charge on any atom is 0.342 e. The van der Waals surface area contributed by atoms with Crippen molar-refractivity contribution >= 4 is 11.8 Å². The maximum absolute atomic E-state index is 13.1. The smallest absolute Gasteiger partial charge is 0.342 e. The van der Waals surface area contributed by atoms with E-state index in [1.807, 2.05) is 6.07 Å². The molecule has 32 heavy (non-hydrogen) atoms. The van der Waals surface area contributed by atoms with Gasteiger partial charge in [-0.05, 0) is 57.7 Å². The summed E-state index contributed by atoms with van der Waals surface area (Å²) in [5.74, 6) is -0.558. The fourth-order valence-corrected chi connectivity index (χ4v) is 3.97. The van der Waals surface area contributed by atoms with Crippen molar-refractivity contribution in [2.75, 3.05) is 21.0 Å². The lowest BCUT2D eigenvalue weighted by atomic mass is 9.97. The van der Waals surface area contributed by atoms with Crippen molar-refractivity contribution in [2.24, 2.45) is 0 Å². The first-order valence-corrected chi connectivity index (χ1v) is 10.8. The Morgan fingerprint density at radius 2 is 1.94 bits per heavy atom. The highest BCUT2D eigenvalue weighted by atomic mass is 16.8. The molecular formula is C24H32O8. The number of rotatable bonds is 4. The Balaban J connectivity index is 1.96. The SMILES string of the molecule is COCOc1cc(OC)cc2c1C(=O)OC(C)C/C=C\C(=O)C1OC(C)(C)O[C@@H]1CCC2. The molecule has 8 heteroatoms. The number of ether oxygens (including phenoxy) is 6. The minimum absolute atomic E-state index is 0.0166. The predicted octanol–water partition coefficient (Wildman–Crippen LogP) is 3.60. The molecule has 1 fully saturated rings. The molecule has 3 atom stereocenters. The number of hydrogen-bond acceptors (Lipinski definition) is 8. The quantitative estimate of drug-likeness (QED) is 0.510. The average Bonchev–Trinajstić information content (AvgIpc) is 3.05. The van der Waals surface area contributed by atoms with Gasteiger partial charge in [0.2, 0.25) is 0 Å². The summed E-state index contributed by atoms with van der Waals surface area (Å²) in [5.41, 5.74) is 1.09. The van der Waals surface area contributed by atoms with Crippen LogP contribution < -0.4 is 9.47 Å². The topological polar surface area (TPSA) is 89.5 Å². The standard InChI is InChI=1S/C24H32O8/c1-15-8-6-10-18(25)22-19(31-24(2,3)32-22)11-7-9-16-12-17(28-5)13-20(29-14-27-4)21(16)23(26)30-15/h6,10,12-13,15,19,22H,7-9,11,14H2,1-5H3/b10-6-/t15?,19-,22?/m1/s1. The third-order valence-electron chi connectivity index (χ3n) is 5.39. The molecule has 2 heterocycles. The first kappa shape index (κ1) is 24.2. The summed E-state index contributed by atoms with van der Waals surface area (Å²) < 4.78 is 33.6. The molecule has 0 spiro atoms. The zero-order valence-corrected chi connectivity index (χ0v) is 19.3. The number of hydrogen-bond donors (Lipinski definition) is 0. The number of ketones is 1. The monoisotopic (exact) mass is 448 g/mol. The van der Waals surface area contributed by atoms with Crippen molar-refractivity contribution in [1.82, 2.24) is 0 Å². The van der Waals surface area contributed by atoms with E-state index in [0.29, 0.717) is 42.7 Å². The second kappa shape index (κ2) is 10.5. The second-order valence-electron chi connectivity index (χ2n) is 8.45. The van der Waals surface area contributed by atoms with Crippen LogP contribution in [0.3, 0.4) is 0 Å². The molecule has 1 saturated heterocycles. The van der Waals surface area contributed by atoms with Gasteiger partial charge >= 0.3 is 5.97 Å². The van der Waals surface area contributed by atoms with Gasteiger partial charge in [0, 0.05) is 19.6 Å². The van der Waals surface area contributed by atoms with Gasteiger partial charge in [-0.1, -0.05) is 6.08 Å². The minimum atomic E-state index is -0.832. The van der Waals surface area contributed by atoms with E-state index in [1.54, 1.807) is 40.0 Å². The van der Waals surface area contributed by atoms with Gasteiger partial charge in [-0.2, -0.15) is 0 Å². The van der Waals surface area contributed by atoms with Gasteiger partial charge in [0.25, 0.3) is 0 Å². The van der Waals surface area contributed by atoms with E-state index >= 15 is 0 Å². The van der Waals surface area contributed by atoms with Crippen LogP contribution in [0.15, 0.2) is 24.3 Å². The molecule has 0 saturated carbocycles. The molecule has 0 aliphatic carbocycles. The van der Waals surface area contributed by atoms with Crippen molar-refractivity contribution in [3.05, 3.63) is 35.4 Å². The van der Waals surface area contributed by atoms with E-state index < -0.39 is 24.0 Å². The summed E-state index contributed by atoms with van der Waals surface area (Å²) in [7, 11) is 3.06. The number of aryl methyl sites for hydroxylation is 1. The van der Waals surface area contributed by atoms with Gasteiger partial charge in [0.15, 0.2) is 18.4 Å². The second-order valence-corrected chi connectivity index (χ2v) is 8.45. The van der Waals surface area contributed by atoms with Gasteiger partial charge in [-0.3, -0.25) is 4.79 Å². The summed E-state index contributed by atoms with van der Waals surface area (Å²) in [5, 5.41) is 0. The molecule has 0 aromatic heterocycles. The van der Waals surface area contributed by atoms with Crippen molar-refractivity contribution in [3.63, 3.8) is 0 Å². The molecule has 8 nitrogen and oxygen atoms in total. The normalized spacial score (nSPS) is 27.0. The lowest BCUT2D eigenvalue weighted by Crippen LogP contribution is -2.30. The summed E-state index contributed by atoms with van der Waals surface area (Å²) in [6, 6.07) is 3.46. The molecule has 2 unspecified atom stereocenters. The molecule has 3 rings (SSSR count). The van der Waals surface area contributed by atoms with E-state index in [0.717, 1.165) is 5.56 Å². The third kappa shape index (κ3) is 5.88. The van der Waals surface area contributed by atoms with Crippen LogP contribution in [-0.4, -0.2) is 56.9 Å². The van der Waals surface area contributed by atoms with E-state index in [-0.39, 0.29) is 18.7 Å². The fourth-order valence-electron chi connectivity index (χ4n) is 3.97. The molecule has 0 radical (unpaired) electrons. The number of cyclic esters (lactones) is 1. The zero-order chi connectivity index (χ0) is 23.3. The molecule has 1 aromatic carbocycles. The molecule has 0 N–H and O–H groups in total. The van der Waals surface area contributed by atoms with Crippen molar-refractivity contribution < 1.29 is 38.0 Å². The van der Waals surface area contributed by atoms with Gasteiger partial charge in [0.05, 0.1) is 13.2 Å². The van der Waals surface area contributed by atoms with Gasteiger partial charge in [0.1, 0.15) is 29.3 Å². The van der Waals surface area contributed by atoms with Crippen LogP contribution in [0.5, 0.6) is 11.5 Å². The highest BCUT2D eigenvalue weighted by Crippen LogP contribution is 2.34. The molecule has 1 aromatic rings. The van der Waals surface area contributed by atoms with Crippen LogP contribution in [0.25, 0.3) is 0 Å². The lowest BCUT2D eigenvalue weighted by Gasteiger charge is -2.20. The largest absolute Gasteiger partial charge is 0.497 e. The summed E-state index contributed by atoms with van der Waals surface area (Å²) in [6.45, 7) is 5.37. The number of carbonyl (C=O) groups is 2. The summed E-state index contributed by atoms with van der Waals surface area (Å²) in [4.78, 5) is 25.8. The first-order chi connectivity index (χ1) is 15.2. The average molecular weight is 449 g/mol. The van der Waals surface area contributed by atoms with E-state index in [1.165, 1.54) is 13.2 Å². The molecule has 0 amide bonds. The van der Waals surface area contributed by atoms with Crippen LogP contribution in [0, 0.1) is 0 Å². The number of fused-ring (bicyclic) bond motifs is 2. The molecule has 176 valence electrons. The number of carbonyl (C=O) groups excluding carboxylic acids is 2. The molecule has 2 aliphatic heterocycles. The maximum atomic E-state index is 13.1. The Morgan fingerprint density at radius 3 is 2.66 bits per heavy atom. The number of esters is 1. The Morgan fingerprint density at radius 1 is 1.16 bits per heavy atom. The summed E-state index contributed by atoms with van der Waals surface area (Å²) >= 11 is 0. The molecule has 0 bridgehead atoms. The first-order valence-electron chi connectivity index (χ1n) is 10.8. The van der Waals surface area contributed by atoms with Crippen LogP contribution in [0.1, 0.15) is 56.0 Å². The van der Waals surface area contributed by atoms with Crippen LogP contribution >= 0.6 is 0 Å². The highest BCUT2D eigenvalue weighted by molar-refractivity contribution is 5.95. The van der Waals surface area contributed by atoms with Crippen molar-refractivity contribution in [3.8, 4) is 11.5 Å². The van der Waals surface area contributed by atoms with Crippen LogP contribution in [0.2, 0.25) is 0 Å². The summed E-state index contributed by atoms with van der Waals surface area (Å²) in [6.07, 6.45) is 3.90. The Hall–Kier alpha value is -2.42. The Kier molecular flexibility index (Phi) is 7.92. The van der Waals surface area contributed by atoms with E-state index in [2.05, 4.69) is 0 Å². The van der Waals surface area contributed by atoms with Crippen molar-refractivity contribution in [1.29, 1.82) is 0 Å². The number of methoxy groups -OCH3 is 2. The third-order valence-corrected chi connectivity index (χ3v) is 5.39. The van der Waals surface area contributed by atoms with Crippen LogP contribution in [-0.2, 0) is 30.2 Å². The van der Waals surface area contributed by atoms with Gasteiger partial charge in [-0.15, -0.1) is 0 Å². The zero-order valence-electron chi connectivity index (χ0n) is 19.3. The minimum Gasteiger partial charge on any atom is -0.497 e. The lowest BCUT2D eigenvalue weighted by molar-refractivity contribution is -0.153. The Bertz CT molecular complexity index is 860. The molecular weight excluding hydrogens is 416 g/mol.